The number of halogens is 2. The Kier molecular flexibility index (Phi) is 9.09. The Bertz CT molecular complexity index is 724. The van der Waals surface area contributed by atoms with Gasteiger partial charge in [-0.1, -0.05) is 19.3 Å². The molecule has 156 valence electrons. The highest BCUT2D eigenvalue weighted by molar-refractivity contribution is 6.00. The quantitative estimate of drug-likeness (QED) is 0.414. The molecule has 0 aliphatic rings. The lowest BCUT2D eigenvalue weighted by molar-refractivity contribution is 0.0937. The van der Waals surface area contributed by atoms with E-state index >= 15 is 0 Å². The molecule has 2 atom stereocenters. The van der Waals surface area contributed by atoms with Gasteiger partial charge >= 0.3 is 0 Å². The van der Waals surface area contributed by atoms with E-state index in [0.717, 1.165) is 19.3 Å². The van der Waals surface area contributed by atoms with Gasteiger partial charge in [-0.05, 0) is 75.5 Å². The number of carbonyl (C=O) groups excluding carboxylic acids is 2. The van der Waals surface area contributed by atoms with E-state index in [-0.39, 0.29) is 35.3 Å². The zero-order valence-electron chi connectivity index (χ0n) is 16.9. The Morgan fingerprint density at radius 3 is 1.34 bits per heavy atom. The van der Waals surface area contributed by atoms with E-state index in [0.29, 0.717) is 24.0 Å². The van der Waals surface area contributed by atoms with Gasteiger partial charge in [-0.3, -0.25) is 9.59 Å². The molecule has 0 aliphatic carbocycles. The van der Waals surface area contributed by atoms with Gasteiger partial charge in [-0.15, -0.1) is 0 Å². The normalized spacial score (nSPS) is 13.1. The summed E-state index contributed by atoms with van der Waals surface area (Å²) in [4.78, 5) is 25.0. The van der Waals surface area contributed by atoms with Crippen molar-refractivity contribution >= 4 is 11.6 Å². The average molecular weight is 402 g/mol. The molecule has 0 bridgehead atoms. The molecule has 2 aromatic carbocycles. The smallest absolute Gasteiger partial charge is 0.179 e. The molecule has 2 N–H and O–H groups in total. The van der Waals surface area contributed by atoms with Crippen molar-refractivity contribution in [1.82, 2.24) is 10.6 Å². The third kappa shape index (κ3) is 6.84. The maximum absolute atomic E-state index is 13.0. The number of carbonyl (C=O) groups is 2. The molecule has 0 saturated carbocycles. The lowest BCUT2D eigenvalue weighted by Crippen LogP contribution is -2.34. The first-order valence-corrected chi connectivity index (χ1v) is 9.90. The molecule has 0 fully saturated rings. The summed E-state index contributed by atoms with van der Waals surface area (Å²) in [6.45, 7) is 0. The predicted molar refractivity (Wildman–Crippen MR) is 110 cm³/mol. The number of unbranched alkanes of at least 4 members (excludes halogenated alkanes) is 2. The zero-order valence-corrected chi connectivity index (χ0v) is 16.9. The van der Waals surface area contributed by atoms with Crippen LogP contribution in [0, 0.1) is 11.6 Å². The standard InChI is InChI=1S/C23H28F2N2O2/c1-26-20(22(28)16-8-12-18(24)13-9-16)6-4-3-5-7-21(27-2)23(29)17-10-14-19(25)15-11-17/h8-15,20-21,26-27H,3-7H2,1-2H3. The van der Waals surface area contributed by atoms with Gasteiger partial charge in [0.05, 0.1) is 12.1 Å². The molecule has 0 saturated heterocycles. The minimum absolute atomic E-state index is 0.0490. The number of benzene rings is 2. The van der Waals surface area contributed by atoms with Crippen molar-refractivity contribution in [3.8, 4) is 0 Å². The Hall–Kier alpha value is -2.44. The second kappa shape index (κ2) is 11.5. The summed E-state index contributed by atoms with van der Waals surface area (Å²) < 4.78 is 26.1. The van der Waals surface area contributed by atoms with E-state index in [2.05, 4.69) is 10.6 Å². The lowest BCUT2D eigenvalue weighted by Gasteiger charge is -2.17. The second-order valence-electron chi connectivity index (χ2n) is 7.06. The highest BCUT2D eigenvalue weighted by Gasteiger charge is 2.19. The molecule has 0 heterocycles. The minimum atomic E-state index is -0.364. The number of likely N-dealkylation sites (N-methyl/N-ethyl adjacent to an activating group) is 2. The van der Waals surface area contributed by atoms with Gasteiger partial charge < -0.3 is 10.6 Å². The van der Waals surface area contributed by atoms with Gasteiger partial charge in [0.15, 0.2) is 11.6 Å². The summed E-state index contributed by atoms with van der Waals surface area (Å²) in [5.74, 6) is -0.826. The monoisotopic (exact) mass is 402 g/mol. The van der Waals surface area contributed by atoms with Crippen molar-refractivity contribution in [2.45, 2.75) is 44.2 Å². The van der Waals surface area contributed by atoms with Crippen molar-refractivity contribution in [2.24, 2.45) is 0 Å². The van der Waals surface area contributed by atoms with Crippen LogP contribution >= 0.6 is 0 Å². The number of ketones is 2. The fourth-order valence-electron chi connectivity index (χ4n) is 3.32. The first-order valence-electron chi connectivity index (χ1n) is 9.90. The van der Waals surface area contributed by atoms with Gasteiger partial charge in [-0.2, -0.15) is 0 Å². The number of hydrogen-bond acceptors (Lipinski definition) is 4. The van der Waals surface area contributed by atoms with Crippen LogP contribution in [0.2, 0.25) is 0 Å². The van der Waals surface area contributed by atoms with Crippen LogP contribution in [0.5, 0.6) is 0 Å². The van der Waals surface area contributed by atoms with E-state index in [1.54, 1.807) is 14.1 Å². The van der Waals surface area contributed by atoms with Crippen LogP contribution in [-0.2, 0) is 0 Å². The van der Waals surface area contributed by atoms with Gasteiger partial charge in [0, 0.05) is 11.1 Å². The summed E-state index contributed by atoms with van der Waals surface area (Å²) in [6, 6.07) is 10.5. The van der Waals surface area contributed by atoms with Crippen molar-refractivity contribution in [3.05, 3.63) is 71.3 Å². The van der Waals surface area contributed by atoms with E-state index in [1.807, 2.05) is 0 Å². The summed E-state index contributed by atoms with van der Waals surface area (Å²) in [6.07, 6.45) is 3.88. The summed E-state index contributed by atoms with van der Waals surface area (Å²) in [5.41, 5.74) is 0.983. The molecule has 0 spiro atoms. The molecular formula is C23H28F2N2O2. The molecule has 2 unspecified atom stereocenters. The van der Waals surface area contributed by atoms with Crippen LogP contribution < -0.4 is 10.6 Å². The Balaban J connectivity index is 1.77. The maximum Gasteiger partial charge on any atom is 0.179 e. The first-order chi connectivity index (χ1) is 14.0. The number of nitrogens with one attached hydrogen (secondary N) is 2. The van der Waals surface area contributed by atoms with Gasteiger partial charge in [0.25, 0.3) is 0 Å². The van der Waals surface area contributed by atoms with Crippen LogP contribution in [0.1, 0.15) is 52.8 Å². The molecule has 2 rings (SSSR count). The number of Topliss-reactive ketones (excluding diaryl/α,β-unsaturated/α-hetero) is 2. The third-order valence-electron chi connectivity index (χ3n) is 5.07. The number of rotatable bonds is 12. The van der Waals surface area contributed by atoms with Crippen molar-refractivity contribution in [3.63, 3.8) is 0 Å². The summed E-state index contributed by atoms with van der Waals surface area (Å²) in [5, 5.41) is 6.06. The highest BCUT2D eigenvalue weighted by Crippen LogP contribution is 2.14. The molecular weight excluding hydrogens is 374 g/mol. The van der Waals surface area contributed by atoms with E-state index in [1.165, 1.54) is 48.5 Å². The van der Waals surface area contributed by atoms with Gasteiger partial charge in [0.2, 0.25) is 0 Å². The van der Waals surface area contributed by atoms with Crippen LogP contribution in [0.4, 0.5) is 8.78 Å². The zero-order chi connectivity index (χ0) is 21.2. The first kappa shape index (κ1) is 22.8. The van der Waals surface area contributed by atoms with Gasteiger partial charge in [0.1, 0.15) is 11.6 Å². The van der Waals surface area contributed by atoms with Crippen molar-refractivity contribution in [2.75, 3.05) is 14.1 Å². The molecule has 0 amide bonds. The third-order valence-corrected chi connectivity index (χ3v) is 5.07. The van der Waals surface area contributed by atoms with Crippen LogP contribution in [0.25, 0.3) is 0 Å². The topological polar surface area (TPSA) is 58.2 Å². The van der Waals surface area contributed by atoms with Crippen molar-refractivity contribution in [1.29, 1.82) is 0 Å². The molecule has 2 aromatic rings. The van der Waals surface area contributed by atoms with E-state index in [9.17, 15) is 18.4 Å². The number of hydrogen-bond donors (Lipinski definition) is 2. The summed E-state index contributed by atoms with van der Waals surface area (Å²) >= 11 is 0. The SMILES string of the molecule is CNC(CCCCCC(NC)C(=O)c1ccc(F)cc1)C(=O)c1ccc(F)cc1. The molecule has 0 aromatic heterocycles. The lowest BCUT2D eigenvalue weighted by atomic mass is 9.96. The van der Waals surface area contributed by atoms with Crippen LogP contribution in [-0.4, -0.2) is 37.7 Å². The second-order valence-corrected chi connectivity index (χ2v) is 7.06. The predicted octanol–water partition coefficient (Wildman–Crippen LogP) is 4.16. The maximum atomic E-state index is 13.0. The fraction of sp³-hybridized carbons (Fsp3) is 0.391. The van der Waals surface area contributed by atoms with Gasteiger partial charge in [-0.25, -0.2) is 8.78 Å². The molecule has 0 radical (unpaired) electrons. The average Bonchev–Trinajstić information content (AvgIpc) is 2.73. The highest BCUT2D eigenvalue weighted by atomic mass is 19.1. The summed E-state index contributed by atoms with van der Waals surface area (Å²) in [7, 11) is 3.48. The molecule has 4 nitrogen and oxygen atoms in total. The van der Waals surface area contributed by atoms with E-state index < -0.39 is 0 Å². The largest absolute Gasteiger partial charge is 0.310 e. The molecule has 6 heteroatoms. The minimum Gasteiger partial charge on any atom is -0.310 e. The van der Waals surface area contributed by atoms with Crippen LogP contribution in [0.15, 0.2) is 48.5 Å². The van der Waals surface area contributed by atoms with Crippen LogP contribution in [0.3, 0.4) is 0 Å². The fourth-order valence-corrected chi connectivity index (χ4v) is 3.32. The Labute approximate surface area is 170 Å². The molecule has 29 heavy (non-hydrogen) atoms. The Morgan fingerprint density at radius 1 is 0.690 bits per heavy atom. The van der Waals surface area contributed by atoms with Crippen molar-refractivity contribution < 1.29 is 18.4 Å². The van der Waals surface area contributed by atoms with E-state index in [4.69, 9.17) is 0 Å². The molecule has 0 aliphatic heterocycles. The Morgan fingerprint density at radius 2 is 1.03 bits per heavy atom.